The van der Waals surface area contributed by atoms with Crippen LogP contribution in [-0.4, -0.2) is 36.4 Å². The Bertz CT molecular complexity index is 630. The predicted octanol–water partition coefficient (Wildman–Crippen LogP) is 2.66. The van der Waals surface area contributed by atoms with Crippen molar-refractivity contribution in [3.63, 3.8) is 0 Å². The molecule has 1 aromatic carbocycles. The molecule has 0 aliphatic heterocycles. The van der Waals surface area contributed by atoms with Crippen molar-refractivity contribution in [1.29, 1.82) is 0 Å². The van der Waals surface area contributed by atoms with Crippen LogP contribution in [0.1, 0.15) is 43.5 Å². The minimum absolute atomic E-state index is 0.0255. The van der Waals surface area contributed by atoms with E-state index in [0.29, 0.717) is 6.42 Å². The molecular weight excluding hydrogens is 329 g/mol. The molecule has 0 spiro atoms. The molecule has 1 amide bonds. The van der Waals surface area contributed by atoms with Gasteiger partial charge in [-0.2, -0.15) is 0 Å². The number of halogens is 1. The lowest BCUT2D eigenvalue weighted by atomic mass is 9.97. The first-order chi connectivity index (χ1) is 11.7. The van der Waals surface area contributed by atoms with Crippen LogP contribution >= 0.6 is 0 Å². The fourth-order valence-electron chi connectivity index (χ4n) is 2.38. The molecule has 138 valence electrons. The number of benzene rings is 1. The smallest absolute Gasteiger partial charge is 0.308 e. The summed E-state index contributed by atoms with van der Waals surface area (Å²) in [4.78, 5) is 35.0. The summed E-state index contributed by atoms with van der Waals surface area (Å²) in [5.41, 5.74) is 0.161. The monoisotopic (exact) mass is 353 g/mol. The molecule has 0 radical (unpaired) electrons. The second-order valence-corrected chi connectivity index (χ2v) is 6.24. The van der Waals surface area contributed by atoms with Crippen LogP contribution in [0.5, 0.6) is 5.75 Å². The van der Waals surface area contributed by atoms with Gasteiger partial charge in [-0.05, 0) is 30.5 Å². The lowest BCUT2D eigenvalue weighted by Crippen LogP contribution is -2.33. The standard InChI is InChI=1S/C18H24FNO5/c1-11(2)8-13(18(23)24)10-20-17(22)7-5-15(21)12-4-6-16(25-3)14(19)9-12/h4,6,9,11,13H,5,7-8,10H2,1-3H3,(H,20,22)(H,23,24). The van der Waals surface area contributed by atoms with Gasteiger partial charge in [0.05, 0.1) is 13.0 Å². The second-order valence-electron chi connectivity index (χ2n) is 6.24. The van der Waals surface area contributed by atoms with E-state index in [2.05, 4.69) is 5.32 Å². The van der Waals surface area contributed by atoms with Crippen molar-refractivity contribution in [3.8, 4) is 5.75 Å². The lowest BCUT2D eigenvalue weighted by molar-refractivity contribution is -0.142. The average molecular weight is 353 g/mol. The summed E-state index contributed by atoms with van der Waals surface area (Å²) in [5, 5.41) is 11.7. The van der Waals surface area contributed by atoms with Gasteiger partial charge in [-0.1, -0.05) is 13.8 Å². The third kappa shape index (κ3) is 6.91. The number of aliphatic carboxylic acids is 1. The molecule has 0 fully saturated rings. The largest absolute Gasteiger partial charge is 0.494 e. The second kappa shape index (κ2) is 9.76. The van der Waals surface area contributed by atoms with E-state index in [1.807, 2.05) is 13.8 Å². The first-order valence-corrected chi connectivity index (χ1v) is 8.10. The minimum atomic E-state index is -0.959. The van der Waals surface area contributed by atoms with E-state index >= 15 is 0 Å². The molecule has 7 heteroatoms. The van der Waals surface area contributed by atoms with Crippen LogP contribution < -0.4 is 10.1 Å². The van der Waals surface area contributed by atoms with Crippen molar-refractivity contribution in [2.24, 2.45) is 11.8 Å². The van der Waals surface area contributed by atoms with Gasteiger partial charge in [-0.25, -0.2) is 4.39 Å². The van der Waals surface area contributed by atoms with Crippen LogP contribution in [0.3, 0.4) is 0 Å². The topological polar surface area (TPSA) is 92.7 Å². The fraction of sp³-hybridized carbons (Fsp3) is 0.500. The van der Waals surface area contributed by atoms with Gasteiger partial charge in [-0.3, -0.25) is 14.4 Å². The molecule has 1 atom stereocenters. The number of rotatable bonds is 10. The quantitative estimate of drug-likeness (QED) is 0.631. The summed E-state index contributed by atoms with van der Waals surface area (Å²) in [6.07, 6.45) is 0.291. The predicted molar refractivity (Wildman–Crippen MR) is 90.1 cm³/mol. The summed E-state index contributed by atoms with van der Waals surface area (Å²) in [7, 11) is 1.33. The van der Waals surface area contributed by atoms with E-state index < -0.39 is 23.6 Å². The summed E-state index contributed by atoms with van der Waals surface area (Å²) in [5.74, 6) is -2.79. The number of ketones is 1. The van der Waals surface area contributed by atoms with Crippen molar-refractivity contribution in [2.45, 2.75) is 33.1 Å². The number of carboxylic acid groups (broad SMARTS) is 1. The Labute approximate surface area is 146 Å². The summed E-state index contributed by atoms with van der Waals surface area (Å²) < 4.78 is 18.4. The van der Waals surface area contributed by atoms with Gasteiger partial charge >= 0.3 is 5.97 Å². The zero-order valence-corrected chi connectivity index (χ0v) is 14.7. The van der Waals surface area contributed by atoms with Gasteiger partial charge < -0.3 is 15.2 Å². The molecule has 1 aromatic rings. The Morgan fingerprint density at radius 3 is 2.44 bits per heavy atom. The molecule has 0 aliphatic carbocycles. The maximum absolute atomic E-state index is 13.6. The molecule has 1 rings (SSSR count). The lowest BCUT2D eigenvalue weighted by Gasteiger charge is -2.15. The van der Waals surface area contributed by atoms with Crippen LogP contribution in [0.15, 0.2) is 18.2 Å². The number of methoxy groups -OCH3 is 1. The third-order valence-electron chi connectivity index (χ3n) is 3.70. The molecule has 2 N–H and O–H groups in total. The number of Topliss-reactive ketones (excluding diaryl/α,β-unsaturated/α-hetero) is 1. The highest BCUT2D eigenvalue weighted by Crippen LogP contribution is 2.19. The molecule has 1 unspecified atom stereocenters. The Morgan fingerprint density at radius 2 is 1.92 bits per heavy atom. The Kier molecular flexibility index (Phi) is 8.04. The molecule has 0 saturated carbocycles. The zero-order valence-electron chi connectivity index (χ0n) is 14.7. The third-order valence-corrected chi connectivity index (χ3v) is 3.70. The molecule has 25 heavy (non-hydrogen) atoms. The molecule has 0 bridgehead atoms. The number of ether oxygens (including phenoxy) is 1. The van der Waals surface area contributed by atoms with Crippen LogP contribution in [0.25, 0.3) is 0 Å². The van der Waals surface area contributed by atoms with Crippen molar-refractivity contribution in [3.05, 3.63) is 29.6 Å². The number of nitrogens with one attached hydrogen (secondary N) is 1. The molecular formula is C18H24FNO5. The van der Waals surface area contributed by atoms with E-state index in [1.54, 1.807) is 0 Å². The fourth-order valence-corrected chi connectivity index (χ4v) is 2.38. The Balaban J connectivity index is 2.49. The maximum Gasteiger partial charge on any atom is 0.308 e. The first kappa shape index (κ1) is 20.6. The van der Waals surface area contributed by atoms with Crippen molar-refractivity contribution < 1.29 is 28.6 Å². The van der Waals surface area contributed by atoms with Crippen LogP contribution in [-0.2, 0) is 9.59 Å². The molecule has 0 heterocycles. The molecule has 0 saturated heterocycles. The summed E-state index contributed by atoms with van der Waals surface area (Å²) in [6, 6.07) is 3.86. The number of carbonyl (C=O) groups excluding carboxylic acids is 2. The highest BCUT2D eigenvalue weighted by atomic mass is 19.1. The summed E-state index contributed by atoms with van der Waals surface area (Å²) >= 11 is 0. The van der Waals surface area contributed by atoms with Gasteiger partial charge in [0.15, 0.2) is 17.3 Å². The van der Waals surface area contributed by atoms with E-state index in [4.69, 9.17) is 9.84 Å². The molecule has 0 aromatic heterocycles. The number of carboxylic acids is 1. The van der Waals surface area contributed by atoms with E-state index in [1.165, 1.54) is 19.2 Å². The van der Waals surface area contributed by atoms with Crippen molar-refractivity contribution in [1.82, 2.24) is 5.32 Å². The van der Waals surface area contributed by atoms with Gasteiger partial charge in [0, 0.05) is 24.9 Å². The zero-order chi connectivity index (χ0) is 19.0. The van der Waals surface area contributed by atoms with Gasteiger partial charge in [0.1, 0.15) is 0 Å². The average Bonchev–Trinajstić information content (AvgIpc) is 2.55. The van der Waals surface area contributed by atoms with Gasteiger partial charge in [0.25, 0.3) is 0 Å². The highest BCUT2D eigenvalue weighted by Gasteiger charge is 2.20. The number of amides is 1. The van der Waals surface area contributed by atoms with Crippen LogP contribution in [0.2, 0.25) is 0 Å². The van der Waals surface area contributed by atoms with Crippen molar-refractivity contribution in [2.75, 3.05) is 13.7 Å². The Hall–Kier alpha value is -2.44. The minimum Gasteiger partial charge on any atom is -0.494 e. The van der Waals surface area contributed by atoms with Crippen molar-refractivity contribution >= 4 is 17.7 Å². The number of hydrogen-bond acceptors (Lipinski definition) is 4. The molecule has 6 nitrogen and oxygen atoms in total. The van der Waals surface area contributed by atoms with E-state index in [0.717, 1.165) is 6.07 Å². The maximum atomic E-state index is 13.6. The normalized spacial score (nSPS) is 11.9. The van der Waals surface area contributed by atoms with Gasteiger partial charge in [0.2, 0.25) is 5.91 Å². The van der Waals surface area contributed by atoms with Crippen LogP contribution in [0, 0.1) is 17.7 Å². The number of carbonyl (C=O) groups is 3. The molecule has 0 aliphatic rings. The SMILES string of the molecule is COc1ccc(C(=O)CCC(=O)NCC(CC(C)C)C(=O)O)cc1F. The van der Waals surface area contributed by atoms with E-state index in [9.17, 15) is 18.8 Å². The number of hydrogen-bond donors (Lipinski definition) is 2. The first-order valence-electron chi connectivity index (χ1n) is 8.10. The summed E-state index contributed by atoms with van der Waals surface area (Å²) in [6.45, 7) is 3.84. The highest BCUT2D eigenvalue weighted by molar-refractivity contribution is 5.98. The van der Waals surface area contributed by atoms with E-state index in [-0.39, 0.29) is 42.4 Å². The Morgan fingerprint density at radius 1 is 1.24 bits per heavy atom. The van der Waals surface area contributed by atoms with Crippen LogP contribution in [0.4, 0.5) is 4.39 Å². The van der Waals surface area contributed by atoms with Gasteiger partial charge in [-0.15, -0.1) is 0 Å².